The molecule has 0 aliphatic heterocycles. The summed E-state index contributed by atoms with van der Waals surface area (Å²) >= 11 is 4.62. The van der Waals surface area contributed by atoms with Crippen LogP contribution in [0, 0.1) is 21.4 Å². The molecule has 2 aromatic rings. The van der Waals surface area contributed by atoms with Crippen molar-refractivity contribution in [1.29, 1.82) is 5.26 Å². The number of nitrogens with two attached hydrogens (primary N) is 1. The minimum absolute atomic E-state index is 0.0633. The van der Waals surface area contributed by atoms with Gasteiger partial charge >= 0.3 is 0 Å². The van der Waals surface area contributed by atoms with Crippen LogP contribution < -0.4 is 15.9 Å². The van der Waals surface area contributed by atoms with Gasteiger partial charge in [-0.1, -0.05) is 0 Å². The Labute approximate surface area is 142 Å². The molecule has 0 spiro atoms. The fourth-order valence-corrected chi connectivity index (χ4v) is 1.78. The largest absolute Gasteiger partial charge is 0.456 e. The summed E-state index contributed by atoms with van der Waals surface area (Å²) < 4.78 is 5.59. The molecule has 9 heteroatoms. The van der Waals surface area contributed by atoms with Gasteiger partial charge in [-0.05, 0) is 48.1 Å². The Bertz CT molecular complexity index is 843. The first-order valence-electron chi connectivity index (χ1n) is 6.54. The number of hydrazone groups is 1. The van der Waals surface area contributed by atoms with E-state index in [1.165, 1.54) is 18.3 Å². The van der Waals surface area contributed by atoms with Crippen molar-refractivity contribution in [2.45, 2.75) is 0 Å². The second-order valence-electron chi connectivity index (χ2n) is 4.45. The van der Waals surface area contributed by atoms with Crippen molar-refractivity contribution in [2.24, 2.45) is 10.8 Å². The molecule has 2 rings (SSSR count). The van der Waals surface area contributed by atoms with E-state index in [2.05, 4.69) is 22.7 Å². The van der Waals surface area contributed by atoms with E-state index in [9.17, 15) is 10.1 Å². The Kier molecular flexibility index (Phi) is 5.38. The van der Waals surface area contributed by atoms with Gasteiger partial charge in [0.2, 0.25) is 0 Å². The van der Waals surface area contributed by atoms with Crippen molar-refractivity contribution in [1.82, 2.24) is 5.43 Å². The second-order valence-corrected chi connectivity index (χ2v) is 4.89. The summed E-state index contributed by atoms with van der Waals surface area (Å²) in [7, 11) is 0. The summed E-state index contributed by atoms with van der Waals surface area (Å²) in [6.07, 6.45) is 1.52. The van der Waals surface area contributed by atoms with Crippen molar-refractivity contribution in [3.05, 3.63) is 63.7 Å². The Hall–Kier alpha value is -3.51. The molecular weight excluding hydrogens is 330 g/mol. The van der Waals surface area contributed by atoms with Crippen LogP contribution in [0.2, 0.25) is 0 Å². The topological polar surface area (TPSA) is 127 Å². The zero-order valence-corrected chi connectivity index (χ0v) is 13.0. The highest BCUT2D eigenvalue weighted by atomic mass is 32.1. The molecule has 0 unspecified atom stereocenters. The van der Waals surface area contributed by atoms with E-state index in [0.717, 1.165) is 11.6 Å². The molecule has 0 fully saturated rings. The molecule has 0 amide bonds. The van der Waals surface area contributed by atoms with E-state index in [1.807, 2.05) is 6.07 Å². The lowest BCUT2D eigenvalue weighted by molar-refractivity contribution is -0.384. The molecule has 8 nitrogen and oxygen atoms in total. The highest BCUT2D eigenvalue weighted by Gasteiger charge is 2.12. The number of nitrogens with one attached hydrogen (secondary N) is 1. The number of nitro benzene ring substituents is 1. The molecule has 0 radical (unpaired) electrons. The van der Waals surface area contributed by atoms with Gasteiger partial charge in [0.1, 0.15) is 23.1 Å². The van der Waals surface area contributed by atoms with Gasteiger partial charge in [-0.2, -0.15) is 10.4 Å². The Morgan fingerprint density at radius 1 is 1.38 bits per heavy atom. The number of non-ortho nitro benzene ring substituents is 1. The number of nitro groups is 1. The summed E-state index contributed by atoms with van der Waals surface area (Å²) in [5, 5.41) is 23.7. The van der Waals surface area contributed by atoms with Gasteiger partial charge in [-0.25, -0.2) is 0 Å². The van der Waals surface area contributed by atoms with Crippen LogP contribution in [0.1, 0.15) is 11.1 Å². The molecule has 0 aliphatic rings. The molecule has 24 heavy (non-hydrogen) atoms. The fraction of sp³-hybridized carbons (Fsp3) is 0. The summed E-state index contributed by atoms with van der Waals surface area (Å²) in [5.74, 6) is 0.708. The molecule has 0 saturated carbocycles. The number of benzene rings is 2. The van der Waals surface area contributed by atoms with Gasteiger partial charge in [0.15, 0.2) is 5.11 Å². The monoisotopic (exact) mass is 341 g/mol. The molecule has 0 heterocycles. The van der Waals surface area contributed by atoms with Gasteiger partial charge in [0.25, 0.3) is 5.69 Å². The van der Waals surface area contributed by atoms with E-state index in [1.54, 1.807) is 24.3 Å². The fourth-order valence-electron chi connectivity index (χ4n) is 1.73. The minimum Gasteiger partial charge on any atom is -0.456 e. The normalized spacial score (nSPS) is 10.1. The standard InChI is InChI=1S/C15H11N5O3S/c16-8-11-7-12(20(21)22)3-6-14(11)23-13-4-1-10(2-5-13)9-18-19-15(17)24/h1-7,9H,(H3,17,19,24)/b18-9+. The van der Waals surface area contributed by atoms with Gasteiger partial charge < -0.3 is 10.5 Å². The van der Waals surface area contributed by atoms with Crippen molar-refractivity contribution in [3.8, 4) is 17.6 Å². The molecule has 0 aromatic heterocycles. The number of hydrogen-bond acceptors (Lipinski definition) is 6. The second kappa shape index (κ2) is 7.66. The first-order chi connectivity index (χ1) is 11.5. The van der Waals surface area contributed by atoms with Gasteiger partial charge in [-0.15, -0.1) is 0 Å². The lowest BCUT2D eigenvalue weighted by Gasteiger charge is -2.07. The van der Waals surface area contributed by atoms with Gasteiger partial charge in [0, 0.05) is 12.1 Å². The maximum atomic E-state index is 10.7. The van der Waals surface area contributed by atoms with Gasteiger partial charge in [0.05, 0.1) is 11.1 Å². The Balaban J connectivity index is 2.14. The number of rotatable bonds is 5. The lowest BCUT2D eigenvalue weighted by atomic mass is 10.2. The van der Waals surface area contributed by atoms with Crippen LogP contribution in [-0.4, -0.2) is 16.3 Å². The number of nitrogens with zero attached hydrogens (tertiary/aromatic N) is 3. The van der Waals surface area contributed by atoms with Crippen LogP contribution in [0.25, 0.3) is 0 Å². The SMILES string of the molecule is N#Cc1cc([N+](=O)[O-])ccc1Oc1ccc(/C=N/NC(N)=S)cc1. The van der Waals surface area contributed by atoms with Crippen LogP contribution in [-0.2, 0) is 0 Å². The van der Waals surface area contributed by atoms with Crippen molar-refractivity contribution in [2.75, 3.05) is 0 Å². The van der Waals surface area contributed by atoms with Crippen LogP contribution >= 0.6 is 12.2 Å². The molecular formula is C15H11N5O3S. The smallest absolute Gasteiger partial charge is 0.271 e. The van der Waals surface area contributed by atoms with Crippen molar-refractivity contribution in [3.63, 3.8) is 0 Å². The predicted octanol–water partition coefficient (Wildman–Crippen LogP) is 2.43. The highest BCUT2D eigenvalue weighted by Crippen LogP contribution is 2.28. The molecule has 0 atom stereocenters. The molecule has 0 bridgehead atoms. The van der Waals surface area contributed by atoms with Crippen LogP contribution in [0.4, 0.5) is 5.69 Å². The third-order valence-electron chi connectivity index (χ3n) is 2.79. The predicted molar refractivity (Wildman–Crippen MR) is 91.8 cm³/mol. The first-order valence-corrected chi connectivity index (χ1v) is 6.95. The maximum Gasteiger partial charge on any atom is 0.271 e. The van der Waals surface area contributed by atoms with Crippen molar-refractivity contribution < 1.29 is 9.66 Å². The molecule has 3 N–H and O–H groups in total. The summed E-state index contributed by atoms with van der Waals surface area (Å²) in [6.45, 7) is 0. The third kappa shape index (κ3) is 4.49. The maximum absolute atomic E-state index is 10.7. The number of thiocarbonyl (C=S) groups is 1. The highest BCUT2D eigenvalue weighted by molar-refractivity contribution is 7.80. The average Bonchev–Trinajstić information content (AvgIpc) is 2.56. The first kappa shape index (κ1) is 16.9. The zero-order chi connectivity index (χ0) is 17.5. The van der Waals surface area contributed by atoms with E-state index in [0.29, 0.717) is 5.75 Å². The molecule has 2 aromatic carbocycles. The average molecular weight is 341 g/mol. The quantitative estimate of drug-likeness (QED) is 0.370. The van der Waals surface area contributed by atoms with Gasteiger partial charge in [-0.3, -0.25) is 15.5 Å². The van der Waals surface area contributed by atoms with Crippen LogP contribution in [0.5, 0.6) is 11.5 Å². The minimum atomic E-state index is -0.570. The number of nitriles is 1. The van der Waals surface area contributed by atoms with Crippen LogP contribution in [0.3, 0.4) is 0 Å². The van der Waals surface area contributed by atoms with E-state index >= 15 is 0 Å². The molecule has 0 aliphatic carbocycles. The number of ether oxygens (including phenoxy) is 1. The van der Waals surface area contributed by atoms with E-state index < -0.39 is 4.92 Å². The third-order valence-corrected chi connectivity index (χ3v) is 2.88. The van der Waals surface area contributed by atoms with E-state index in [-0.39, 0.29) is 22.1 Å². The summed E-state index contributed by atoms with van der Waals surface area (Å²) in [6, 6.07) is 12.5. The summed E-state index contributed by atoms with van der Waals surface area (Å²) in [5.41, 5.74) is 8.36. The Morgan fingerprint density at radius 3 is 2.67 bits per heavy atom. The Morgan fingerprint density at radius 2 is 2.08 bits per heavy atom. The molecule has 120 valence electrons. The summed E-state index contributed by atoms with van der Waals surface area (Å²) in [4.78, 5) is 10.2. The number of hydrogen-bond donors (Lipinski definition) is 2. The zero-order valence-electron chi connectivity index (χ0n) is 12.2. The molecule has 0 saturated heterocycles. The van der Waals surface area contributed by atoms with Crippen LogP contribution in [0.15, 0.2) is 47.6 Å². The van der Waals surface area contributed by atoms with Crippen molar-refractivity contribution >= 4 is 29.2 Å². The van der Waals surface area contributed by atoms with E-state index in [4.69, 9.17) is 15.7 Å². The lowest BCUT2D eigenvalue weighted by Crippen LogP contribution is -2.23.